The molecule has 0 aliphatic rings. The standard InChI is InChI=1S/C20H16N4O2S/c25-19(16-7-2-1-3-8-16)23-18(12-17-9-5-11-27-17)20(26)24-22-14-15-6-4-10-21-13-15/h1-14H,(H,23,25)(H,24,26)/b18-12+,22-14?. The molecule has 6 nitrogen and oxygen atoms in total. The van der Waals surface area contributed by atoms with E-state index < -0.39 is 5.91 Å². The summed E-state index contributed by atoms with van der Waals surface area (Å²) in [5.41, 5.74) is 3.74. The lowest BCUT2D eigenvalue weighted by molar-refractivity contribution is -0.117. The number of aromatic nitrogens is 1. The SMILES string of the molecule is O=C(NN=Cc1cccnc1)/C(=C\c1cccs1)NC(=O)c1ccccc1. The van der Waals surface area contributed by atoms with E-state index in [0.29, 0.717) is 5.56 Å². The summed E-state index contributed by atoms with van der Waals surface area (Å²) in [5.74, 6) is -0.891. The van der Waals surface area contributed by atoms with Gasteiger partial charge in [-0.2, -0.15) is 5.10 Å². The van der Waals surface area contributed by atoms with Crippen molar-refractivity contribution in [3.8, 4) is 0 Å². The molecule has 0 saturated carbocycles. The second-order valence-electron chi connectivity index (χ2n) is 5.38. The largest absolute Gasteiger partial charge is 0.317 e. The van der Waals surface area contributed by atoms with Crippen LogP contribution in [0.3, 0.4) is 0 Å². The average Bonchev–Trinajstić information content (AvgIpc) is 3.22. The molecular formula is C20H16N4O2S. The first-order chi connectivity index (χ1) is 13.2. The van der Waals surface area contributed by atoms with Crippen LogP contribution in [0.4, 0.5) is 0 Å². The summed E-state index contributed by atoms with van der Waals surface area (Å²) in [5, 5.41) is 8.46. The van der Waals surface area contributed by atoms with Crippen LogP contribution in [0.15, 0.2) is 83.2 Å². The quantitative estimate of drug-likeness (QED) is 0.394. The molecule has 0 bridgehead atoms. The van der Waals surface area contributed by atoms with Gasteiger partial charge in [0.05, 0.1) is 6.21 Å². The lowest BCUT2D eigenvalue weighted by atomic mass is 10.2. The van der Waals surface area contributed by atoms with E-state index in [9.17, 15) is 9.59 Å². The maximum atomic E-state index is 12.5. The maximum Gasteiger partial charge on any atom is 0.287 e. The smallest absolute Gasteiger partial charge is 0.287 e. The molecule has 3 aromatic rings. The second-order valence-corrected chi connectivity index (χ2v) is 6.36. The number of pyridine rings is 1. The highest BCUT2D eigenvalue weighted by atomic mass is 32.1. The van der Waals surface area contributed by atoms with Crippen LogP contribution >= 0.6 is 11.3 Å². The van der Waals surface area contributed by atoms with Gasteiger partial charge in [0.1, 0.15) is 5.70 Å². The molecule has 0 aliphatic carbocycles. The normalized spacial score (nSPS) is 11.3. The van der Waals surface area contributed by atoms with E-state index >= 15 is 0 Å². The third-order valence-electron chi connectivity index (χ3n) is 3.42. The van der Waals surface area contributed by atoms with Gasteiger partial charge < -0.3 is 5.32 Å². The van der Waals surface area contributed by atoms with Gasteiger partial charge in [-0.25, -0.2) is 5.43 Å². The highest BCUT2D eigenvalue weighted by Gasteiger charge is 2.14. The Bertz CT molecular complexity index is 952. The third kappa shape index (κ3) is 5.45. The predicted octanol–water partition coefficient (Wildman–Crippen LogP) is 3.06. The molecule has 0 atom stereocenters. The fourth-order valence-electron chi connectivity index (χ4n) is 2.14. The Morgan fingerprint density at radius 3 is 2.59 bits per heavy atom. The molecule has 2 amide bonds. The molecule has 27 heavy (non-hydrogen) atoms. The summed E-state index contributed by atoms with van der Waals surface area (Å²) in [6.07, 6.45) is 6.36. The van der Waals surface area contributed by atoms with Gasteiger partial charge in [0, 0.05) is 28.4 Å². The summed E-state index contributed by atoms with van der Waals surface area (Å²) in [4.78, 5) is 29.7. The Hall–Kier alpha value is -3.58. The molecule has 0 unspecified atom stereocenters. The van der Waals surface area contributed by atoms with Crippen LogP contribution in [0.5, 0.6) is 0 Å². The first-order valence-corrected chi connectivity index (χ1v) is 8.95. The summed E-state index contributed by atoms with van der Waals surface area (Å²) in [7, 11) is 0. The van der Waals surface area contributed by atoms with Crippen LogP contribution in [0.1, 0.15) is 20.8 Å². The molecule has 2 N–H and O–H groups in total. The number of hydrazone groups is 1. The van der Waals surface area contributed by atoms with Gasteiger partial charge >= 0.3 is 0 Å². The van der Waals surface area contributed by atoms with E-state index in [1.54, 1.807) is 48.8 Å². The Morgan fingerprint density at radius 2 is 1.89 bits per heavy atom. The predicted molar refractivity (Wildman–Crippen MR) is 106 cm³/mol. The first kappa shape index (κ1) is 18.2. The van der Waals surface area contributed by atoms with E-state index in [0.717, 1.165) is 10.4 Å². The summed E-state index contributed by atoms with van der Waals surface area (Å²) in [6.45, 7) is 0. The minimum Gasteiger partial charge on any atom is -0.317 e. The van der Waals surface area contributed by atoms with Gasteiger partial charge in [-0.3, -0.25) is 14.6 Å². The van der Waals surface area contributed by atoms with E-state index in [-0.39, 0.29) is 11.6 Å². The number of rotatable bonds is 6. The maximum absolute atomic E-state index is 12.5. The minimum absolute atomic E-state index is 0.106. The lowest BCUT2D eigenvalue weighted by Gasteiger charge is -2.08. The van der Waals surface area contributed by atoms with Gasteiger partial charge in [0.25, 0.3) is 11.8 Å². The van der Waals surface area contributed by atoms with Crippen LogP contribution in [0.2, 0.25) is 0 Å². The van der Waals surface area contributed by atoms with Gasteiger partial charge in [0.15, 0.2) is 0 Å². The molecule has 3 rings (SSSR count). The van der Waals surface area contributed by atoms with E-state index in [2.05, 4.69) is 20.8 Å². The Morgan fingerprint density at radius 1 is 1.04 bits per heavy atom. The number of hydrogen-bond acceptors (Lipinski definition) is 5. The molecule has 0 radical (unpaired) electrons. The van der Waals surface area contributed by atoms with Crippen molar-refractivity contribution >= 4 is 35.4 Å². The molecule has 0 aliphatic heterocycles. The van der Waals surface area contributed by atoms with Crippen molar-refractivity contribution in [1.82, 2.24) is 15.7 Å². The fourth-order valence-corrected chi connectivity index (χ4v) is 2.79. The van der Waals surface area contributed by atoms with Gasteiger partial charge in [0.2, 0.25) is 0 Å². The van der Waals surface area contributed by atoms with E-state index in [4.69, 9.17) is 0 Å². The van der Waals surface area contributed by atoms with Gasteiger partial charge in [-0.1, -0.05) is 30.3 Å². The molecular weight excluding hydrogens is 360 g/mol. The average molecular weight is 376 g/mol. The van der Waals surface area contributed by atoms with Gasteiger partial charge in [-0.15, -0.1) is 11.3 Å². The monoisotopic (exact) mass is 376 g/mol. The highest BCUT2D eigenvalue weighted by molar-refractivity contribution is 7.10. The van der Waals surface area contributed by atoms with E-state index in [1.165, 1.54) is 17.6 Å². The van der Waals surface area contributed by atoms with Crippen LogP contribution in [0.25, 0.3) is 6.08 Å². The third-order valence-corrected chi connectivity index (χ3v) is 4.24. The molecule has 134 valence electrons. The number of hydrogen-bond donors (Lipinski definition) is 2. The zero-order valence-corrected chi connectivity index (χ0v) is 15.0. The van der Waals surface area contributed by atoms with Crippen LogP contribution < -0.4 is 10.7 Å². The molecule has 0 fully saturated rings. The van der Waals surface area contributed by atoms with Crippen molar-refractivity contribution in [2.45, 2.75) is 0 Å². The van der Waals surface area contributed by atoms with Crippen molar-refractivity contribution in [2.24, 2.45) is 5.10 Å². The summed E-state index contributed by atoms with van der Waals surface area (Å²) >= 11 is 1.46. The van der Waals surface area contributed by atoms with Gasteiger partial charge in [-0.05, 0) is 35.7 Å². The number of nitrogens with zero attached hydrogens (tertiary/aromatic N) is 2. The number of benzene rings is 1. The zero-order chi connectivity index (χ0) is 18.9. The molecule has 0 saturated heterocycles. The van der Waals surface area contributed by atoms with Crippen LogP contribution in [0, 0.1) is 0 Å². The number of thiophene rings is 1. The summed E-state index contributed by atoms with van der Waals surface area (Å²) in [6, 6.07) is 16.0. The first-order valence-electron chi connectivity index (χ1n) is 8.07. The molecule has 2 aromatic heterocycles. The molecule has 7 heteroatoms. The molecule has 1 aromatic carbocycles. The van der Waals surface area contributed by atoms with Crippen molar-refractivity contribution < 1.29 is 9.59 Å². The van der Waals surface area contributed by atoms with E-state index in [1.807, 2.05) is 29.6 Å². The van der Waals surface area contributed by atoms with Crippen LogP contribution in [-0.2, 0) is 4.79 Å². The van der Waals surface area contributed by atoms with Crippen molar-refractivity contribution in [3.63, 3.8) is 0 Å². The molecule has 2 heterocycles. The topological polar surface area (TPSA) is 83.4 Å². The second kappa shape index (κ2) is 9.21. The highest BCUT2D eigenvalue weighted by Crippen LogP contribution is 2.13. The Kier molecular flexibility index (Phi) is 6.21. The van der Waals surface area contributed by atoms with Crippen molar-refractivity contribution in [2.75, 3.05) is 0 Å². The number of carbonyl (C=O) groups excluding carboxylic acids is 2. The van der Waals surface area contributed by atoms with Crippen LogP contribution in [-0.4, -0.2) is 23.0 Å². The number of amides is 2. The Balaban J connectivity index is 1.74. The summed E-state index contributed by atoms with van der Waals surface area (Å²) < 4.78 is 0. The number of nitrogens with one attached hydrogen (secondary N) is 2. The zero-order valence-electron chi connectivity index (χ0n) is 14.2. The van der Waals surface area contributed by atoms with Crippen molar-refractivity contribution in [3.05, 3.63) is 94.1 Å². The number of carbonyl (C=O) groups is 2. The fraction of sp³-hybridized carbons (Fsp3) is 0. The van der Waals surface area contributed by atoms with Crippen molar-refractivity contribution in [1.29, 1.82) is 0 Å². The minimum atomic E-state index is -0.521. The molecule has 0 spiro atoms. The lowest BCUT2D eigenvalue weighted by Crippen LogP contribution is -2.32. The Labute approximate surface area is 160 Å².